The van der Waals surface area contributed by atoms with Crippen LogP contribution in [0, 0.1) is 12.8 Å². The maximum absolute atomic E-state index is 13.3. The summed E-state index contributed by atoms with van der Waals surface area (Å²) >= 11 is 0. The Hall–Kier alpha value is -2.96. The molecule has 1 heterocycles. The summed E-state index contributed by atoms with van der Waals surface area (Å²) in [6.45, 7) is 10.3. The minimum absolute atomic E-state index is 0.0259. The summed E-state index contributed by atoms with van der Waals surface area (Å²) in [5.74, 6) is 2.52. The molecule has 0 N–H and O–H groups in total. The topological polar surface area (TPSA) is 72.2 Å². The molecule has 0 saturated heterocycles. The Morgan fingerprint density at radius 2 is 1.69 bits per heavy atom. The van der Waals surface area contributed by atoms with Crippen molar-refractivity contribution in [3.63, 3.8) is 0 Å². The van der Waals surface area contributed by atoms with Crippen LogP contribution in [0.25, 0.3) is 0 Å². The van der Waals surface area contributed by atoms with Crippen molar-refractivity contribution < 1.29 is 23.5 Å². The summed E-state index contributed by atoms with van der Waals surface area (Å²) in [7, 11) is 3.20. The van der Waals surface area contributed by atoms with Gasteiger partial charge >= 0.3 is 0 Å². The van der Waals surface area contributed by atoms with Crippen molar-refractivity contribution in [3.8, 4) is 11.5 Å². The van der Waals surface area contributed by atoms with Crippen LogP contribution in [0.2, 0.25) is 0 Å². The molecule has 0 unspecified atom stereocenters. The van der Waals surface area contributed by atoms with Gasteiger partial charge in [0.05, 0.1) is 27.3 Å². The van der Waals surface area contributed by atoms with Crippen LogP contribution in [0.3, 0.4) is 0 Å². The highest BCUT2D eigenvalue weighted by Gasteiger charge is 2.25. The number of methoxy groups -OCH3 is 2. The lowest BCUT2D eigenvalue weighted by Crippen LogP contribution is -2.47. The van der Waals surface area contributed by atoms with E-state index in [1.165, 1.54) is 0 Å². The quantitative estimate of drug-likeness (QED) is 0.522. The number of ether oxygens (including phenoxy) is 2. The minimum Gasteiger partial charge on any atom is -0.493 e. The first-order valence-corrected chi connectivity index (χ1v) is 11.0. The number of carbonyl (C=O) groups is 2. The molecule has 0 fully saturated rings. The monoisotopic (exact) mass is 444 g/mol. The normalized spacial score (nSPS) is 11.0. The van der Waals surface area contributed by atoms with E-state index in [9.17, 15) is 9.59 Å². The highest BCUT2D eigenvalue weighted by atomic mass is 16.5. The minimum atomic E-state index is -0.168. The second-order valence-corrected chi connectivity index (χ2v) is 8.48. The van der Waals surface area contributed by atoms with E-state index in [0.29, 0.717) is 31.0 Å². The third kappa shape index (κ3) is 6.77. The van der Waals surface area contributed by atoms with Crippen LogP contribution in [0.4, 0.5) is 0 Å². The smallest absolute Gasteiger partial charge is 0.242 e. The zero-order valence-corrected chi connectivity index (χ0v) is 20.3. The molecular formula is C25H36N2O5. The molecule has 0 aliphatic heterocycles. The van der Waals surface area contributed by atoms with E-state index in [1.54, 1.807) is 24.0 Å². The van der Waals surface area contributed by atoms with Crippen LogP contribution in [0.15, 0.2) is 34.7 Å². The van der Waals surface area contributed by atoms with Crippen molar-refractivity contribution in [2.24, 2.45) is 5.92 Å². The molecule has 0 radical (unpaired) electrons. The van der Waals surface area contributed by atoms with Crippen molar-refractivity contribution in [2.45, 2.75) is 53.6 Å². The fraction of sp³-hybridized carbons (Fsp3) is 0.520. The van der Waals surface area contributed by atoms with Gasteiger partial charge in [-0.25, -0.2) is 0 Å². The number of furan rings is 1. The fourth-order valence-corrected chi connectivity index (χ4v) is 3.44. The first-order chi connectivity index (χ1) is 15.2. The van der Waals surface area contributed by atoms with Crippen LogP contribution in [0.1, 0.15) is 44.8 Å². The highest BCUT2D eigenvalue weighted by molar-refractivity contribution is 5.85. The Bertz CT molecular complexity index is 903. The lowest BCUT2D eigenvalue weighted by Gasteiger charge is -2.31. The molecule has 0 aliphatic rings. The number of carbonyl (C=O) groups excluding carboxylic acids is 2. The number of hydrogen-bond acceptors (Lipinski definition) is 5. The van der Waals surface area contributed by atoms with E-state index in [1.807, 2.05) is 65.0 Å². The number of amides is 2. The second-order valence-electron chi connectivity index (χ2n) is 8.48. The van der Waals surface area contributed by atoms with Gasteiger partial charge in [-0.15, -0.1) is 0 Å². The van der Waals surface area contributed by atoms with E-state index >= 15 is 0 Å². The molecule has 0 saturated carbocycles. The number of benzene rings is 1. The molecule has 2 rings (SSSR count). The summed E-state index contributed by atoms with van der Waals surface area (Å²) in [6.07, 6.45) is 0.631. The van der Waals surface area contributed by atoms with Crippen molar-refractivity contribution in [2.75, 3.05) is 27.3 Å². The molecule has 7 nitrogen and oxygen atoms in total. The third-order valence-corrected chi connectivity index (χ3v) is 5.32. The van der Waals surface area contributed by atoms with E-state index in [4.69, 9.17) is 13.9 Å². The SMILES string of the molecule is COc1ccc(CCN(Cc2ccc(C)o2)C(=O)CN(C(=O)C(C)C)C(C)C)cc1OC. The standard InChI is InChI=1S/C25H36N2O5/c1-17(2)25(29)27(18(3)4)16-24(28)26(15-21-10-8-19(5)32-21)13-12-20-9-11-22(30-6)23(14-20)31-7/h8-11,14,17-18H,12-13,15-16H2,1-7H3. The van der Waals surface area contributed by atoms with Gasteiger partial charge in [0.15, 0.2) is 11.5 Å². The lowest BCUT2D eigenvalue weighted by atomic mass is 10.1. The van der Waals surface area contributed by atoms with Crippen molar-refractivity contribution in [1.82, 2.24) is 9.80 Å². The zero-order valence-electron chi connectivity index (χ0n) is 20.3. The average molecular weight is 445 g/mol. The summed E-state index contributed by atoms with van der Waals surface area (Å²) in [5.41, 5.74) is 1.02. The molecule has 7 heteroatoms. The summed E-state index contributed by atoms with van der Waals surface area (Å²) in [6, 6.07) is 9.44. The Morgan fingerprint density at radius 3 is 2.22 bits per heavy atom. The van der Waals surface area contributed by atoms with E-state index in [-0.39, 0.29) is 30.3 Å². The van der Waals surface area contributed by atoms with Crippen molar-refractivity contribution in [1.29, 1.82) is 0 Å². The van der Waals surface area contributed by atoms with Gasteiger partial charge in [-0.3, -0.25) is 9.59 Å². The highest BCUT2D eigenvalue weighted by Crippen LogP contribution is 2.28. The summed E-state index contributed by atoms with van der Waals surface area (Å²) < 4.78 is 16.4. The molecule has 176 valence electrons. The fourth-order valence-electron chi connectivity index (χ4n) is 3.44. The van der Waals surface area contributed by atoms with Crippen molar-refractivity contribution >= 4 is 11.8 Å². The molecule has 0 spiro atoms. The number of nitrogens with zero attached hydrogens (tertiary/aromatic N) is 2. The first kappa shape index (κ1) is 25.3. The van der Waals surface area contributed by atoms with Crippen LogP contribution < -0.4 is 9.47 Å². The predicted molar refractivity (Wildman–Crippen MR) is 124 cm³/mol. The van der Waals surface area contributed by atoms with Crippen LogP contribution in [-0.2, 0) is 22.6 Å². The Balaban J connectivity index is 2.19. The van der Waals surface area contributed by atoms with Gasteiger partial charge in [-0.1, -0.05) is 19.9 Å². The average Bonchev–Trinajstić information content (AvgIpc) is 3.18. The summed E-state index contributed by atoms with van der Waals surface area (Å²) in [4.78, 5) is 29.3. The molecule has 32 heavy (non-hydrogen) atoms. The van der Waals surface area contributed by atoms with Gasteiger partial charge in [-0.2, -0.15) is 0 Å². The van der Waals surface area contributed by atoms with Gasteiger partial charge in [0.1, 0.15) is 11.5 Å². The lowest BCUT2D eigenvalue weighted by molar-refractivity contribution is -0.144. The van der Waals surface area contributed by atoms with Gasteiger partial charge in [-0.05, 0) is 57.0 Å². The third-order valence-electron chi connectivity index (χ3n) is 5.32. The number of rotatable bonds is 11. The second kappa shape index (κ2) is 11.6. The Labute approximate surface area is 191 Å². The van der Waals surface area contributed by atoms with E-state index in [0.717, 1.165) is 17.1 Å². The Kier molecular flexibility index (Phi) is 9.17. The molecule has 0 atom stereocenters. The largest absolute Gasteiger partial charge is 0.493 e. The van der Waals surface area contributed by atoms with E-state index < -0.39 is 0 Å². The molecular weight excluding hydrogens is 408 g/mol. The maximum Gasteiger partial charge on any atom is 0.242 e. The molecule has 2 amide bonds. The molecule has 1 aromatic carbocycles. The van der Waals surface area contributed by atoms with Crippen LogP contribution in [0.5, 0.6) is 11.5 Å². The van der Waals surface area contributed by atoms with Gasteiger partial charge < -0.3 is 23.7 Å². The summed E-state index contributed by atoms with van der Waals surface area (Å²) in [5, 5.41) is 0. The first-order valence-electron chi connectivity index (χ1n) is 11.0. The van der Waals surface area contributed by atoms with Gasteiger partial charge in [0.25, 0.3) is 0 Å². The molecule has 0 bridgehead atoms. The molecule has 0 aliphatic carbocycles. The molecule has 2 aromatic rings. The van der Waals surface area contributed by atoms with Crippen molar-refractivity contribution in [3.05, 3.63) is 47.4 Å². The maximum atomic E-state index is 13.3. The zero-order chi connectivity index (χ0) is 23.8. The predicted octanol–water partition coefficient (Wildman–Crippen LogP) is 4.07. The van der Waals surface area contributed by atoms with Gasteiger partial charge in [0, 0.05) is 18.5 Å². The Morgan fingerprint density at radius 1 is 1.00 bits per heavy atom. The van der Waals surface area contributed by atoms with Crippen LogP contribution >= 0.6 is 0 Å². The number of aryl methyl sites for hydroxylation is 1. The van der Waals surface area contributed by atoms with E-state index in [2.05, 4.69) is 0 Å². The molecule has 1 aromatic heterocycles. The number of hydrogen-bond donors (Lipinski definition) is 0. The van der Waals surface area contributed by atoms with Crippen LogP contribution in [-0.4, -0.2) is 55.0 Å². The van der Waals surface area contributed by atoms with Gasteiger partial charge in [0.2, 0.25) is 11.8 Å².